The van der Waals surface area contributed by atoms with Crippen LogP contribution in [0.4, 0.5) is 0 Å². The first-order valence-corrected chi connectivity index (χ1v) is 10.4. The van der Waals surface area contributed by atoms with Gasteiger partial charge in [0.25, 0.3) is 0 Å². The van der Waals surface area contributed by atoms with Crippen LogP contribution < -0.4 is 0 Å². The Hall–Kier alpha value is -2.60. The Bertz CT molecular complexity index is 988. The molecule has 0 N–H and O–H groups in total. The largest absolute Gasteiger partial charge is 0.469 e. The number of carbonyl (C=O) groups excluding carboxylic acids is 1. The van der Waals surface area contributed by atoms with Crippen LogP contribution in [0.2, 0.25) is 0 Å². The molecule has 28 heavy (non-hydrogen) atoms. The Morgan fingerprint density at radius 2 is 2.07 bits per heavy atom. The Kier molecular flexibility index (Phi) is 6.52. The third-order valence-electron chi connectivity index (χ3n) is 4.72. The molecule has 0 amide bonds. The minimum absolute atomic E-state index is 0.117. The Morgan fingerprint density at radius 1 is 1.25 bits per heavy atom. The summed E-state index contributed by atoms with van der Waals surface area (Å²) >= 11 is 1.41. The summed E-state index contributed by atoms with van der Waals surface area (Å²) in [6.07, 6.45) is 5.19. The fourth-order valence-corrected chi connectivity index (χ4v) is 3.96. The summed E-state index contributed by atoms with van der Waals surface area (Å²) in [4.78, 5) is 12.9. The van der Waals surface area contributed by atoms with Gasteiger partial charge in [-0.1, -0.05) is 43.8 Å². The first-order valence-electron chi connectivity index (χ1n) is 9.45. The SMILES string of the molecule is C=CCn1c(SCC(=O)c2cc(CC)ccc2CC)nnc1-c1ccoc1C. The smallest absolute Gasteiger partial charge is 0.192 e. The van der Waals surface area contributed by atoms with E-state index in [1.54, 1.807) is 12.3 Å². The van der Waals surface area contributed by atoms with Crippen molar-refractivity contribution >= 4 is 17.5 Å². The summed E-state index contributed by atoms with van der Waals surface area (Å²) in [5, 5.41) is 9.33. The fourth-order valence-electron chi connectivity index (χ4n) is 3.12. The Balaban J connectivity index is 1.83. The van der Waals surface area contributed by atoms with Gasteiger partial charge in [0.1, 0.15) is 5.76 Å². The second kappa shape index (κ2) is 9.06. The Labute approximate surface area is 169 Å². The van der Waals surface area contributed by atoms with Crippen LogP contribution in [-0.2, 0) is 19.4 Å². The Morgan fingerprint density at radius 3 is 2.71 bits per heavy atom. The summed E-state index contributed by atoms with van der Waals surface area (Å²) < 4.78 is 7.36. The van der Waals surface area contributed by atoms with Crippen molar-refractivity contribution in [2.75, 3.05) is 5.75 Å². The molecular formula is C22H25N3O2S. The van der Waals surface area contributed by atoms with E-state index < -0.39 is 0 Å². The van der Waals surface area contributed by atoms with Crippen molar-refractivity contribution in [2.45, 2.75) is 45.3 Å². The zero-order chi connectivity index (χ0) is 20.1. The number of carbonyl (C=O) groups is 1. The van der Waals surface area contributed by atoms with E-state index in [1.807, 2.05) is 23.6 Å². The van der Waals surface area contributed by atoms with E-state index in [4.69, 9.17) is 4.42 Å². The molecule has 6 heteroatoms. The minimum atomic E-state index is 0.117. The molecule has 0 saturated heterocycles. The maximum Gasteiger partial charge on any atom is 0.192 e. The molecule has 0 fully saturated rings. The molecule has 0 aliphatic rings. The van der Waals surface area contributed by atoms with E-state index in [1.165, 1.54) is 17.3 Å². The van der Waals surface area contributed by atoms with Crippen molar-refractivity contribution in [3.05, 3.63) is 65.6 Å². The van der Waals surface area contributed by atoms with E-state index in [9.17, 15) is 4.79 Å². The van der Waals surface area contributed by atoms with E-state index >= 15 is 0 Å². The summed E-state index contributed by atoms with van der Waals surface area (Å²) in [7, 11) is 0. The number of benzene rings is 1. The molecule has 0 saturated carbocycles. The van der Waals surface area contributed by atoms with Crippen LogP contribution in [-0.4, -0.2) is 26.3 Å². The number of Topliss-reactive ketones (excluding diaryl/α,β-unsaturated/α-hetero) is 1. The molecule has 2 aromatic heterocycles. The minimum Gasteiger partial charge on any atom is -0.469 e. The highest BCUT2D eigenvalue weighted by Crippen LogP contribution is 2.28. The van der Waals surface area contributed by atoms with E-state index in [2.05, 4.69) is 42.8 Å². The van der Waals surface area contributed by atoms with Crippen molar-refractivity contribution in [1.29, 1.82) is 0 Å². The standard InChI is InChI=1S/C22H25N3O2S/c1-5-11-25-21(18-10-12-27-15(18)4)23-24-22(25)28-14-20(26)19-13-16(6-2)8-9-17(19)7-3/h5,8-10,12-13H,1,6-7,11,14H2,2-4H3. The van der Waals surface area contributed by atoms with Crippen molar-refractivity contribution < 1.29 is 9.21 Å². The van der Waals surface area contributed by atoms with Crippen LogP contribution >= 0.6 is 11.8 Å². The summed E-state index contributed by atoms with van der Waals surface area (Å²) in [5.74, 6) is 1.95. The van der Waals surface area contributed by atoms with Gasteiger partial charge in [-0.25, -0.2) is 0 Å². The van der Waals surface area contributed by atoms with Gasteiger partial charge in [0.05, 0.1) is 17.6 Å². The zero-order valence-corrected chi connectivity index (χ0v) is 17.4. The van der Waals surface area contributed by atoms with Crippen molar-refractivity contribution in [3.8, 4) is 11.4 Å². The first kappa shape index (κ1) is 20.1. The number of rotatable bonds is 9. The van der Waals surface area contributed by atoms with Crippen LogP contribution in [0.15, 0.2) is 52.8 Å². The maximum atomic E-state index is 12.9. The molecule has 0 atom stereocenters. The molecule has 0 spiro atoms. The van der Waals surface area contributed by atoms with Gasteiger partial charge in [-0.05, 0) is 43.0 Å². The van der Waals surface area contributed by atoms with Gasteiger partial charge in [0.15, 0.2) is 16.8 Å². The molecule has 0 unspecified atom stereocenters. The van der Waals surface area contributed by atoms with E-state index in [-0.39, 0.29) is 5.78 Å². The van der Waals surface area contributed by atoms with Crippen molar-refractivity contribution in [2.24, 2.45) is 0 Å². The number of thioether (sulfide) groups is 1. The average molecular weight is 396 g/mol. The topological polar surface area (TPSA) is 60.9 Å². The van der Waals surface area contributed by atoms with Crippen LogP contribution in [0.25, 0.3) is 11.4 Å². The van der Waals surface area contributed by atoms with Crippen molar-refractivity contribution in [3.63, 3.8) is 0 Å². The van der Waals surface area contributed by atoms with Crippen LogP contribution in [0.1, 0.15) is 41.1 Å². The number of aryl methyl sites for hydroxylation is 3. The molecule has 5 nitrogen and oxygen atoms in total. The number of hydrogen-bond acceptors (Lipinski definition) is 5. The highest BCUT2D eigenvalue weighted by molar-refractivity contribution is 7.99. The van der Waals surface area contributed by atoms with Crippen LogP contribution in [0.3, 0.4) is 0 Å². The summed E-state index contributed by atoms with van der Waals surface area (Å²) in [6, 6.07) is 8.07. The van der Waals surface area contributed by atoms with Gasteiger partial charge in [0, 0.05) is 12.1 Å². The lowest BCUT2D eigenvalue weighted by atomic mass is 9.98. The monoisotopic (exact) mass is 395 g/mol. The molecule has 3 rings (SSSR count). The third-order valence-corrected chi connectivity index (χ3v) is 5.69. The summed E-state index contributed by atoms with van der Waals surface area (Å²) in [5.41, 5.74) is 3.98. The van der Waals surface area contributed by atoms with Gasteiger partial charge in [0.2, 0.25) is 0 Å². The van der Waals surface area contributed by atoms with E-state index in [0.717, 1.165) is 41.1 Å². The lowest BCUT2D eigenvalue weighted by molar-refractivity contribution is 0.102. The molecule has 146 valence electrons. The lowest BCUT2D eigenvalue weighted by Crippen LogP contribution is -2.08. The number of furan rings is 1. The fraction of sp³-hybridized carbons (Fsp3) is 0.318. The second-order valence-corrected chi connectivity index (χ2v) is 7.45. The predicted octanol–water partition coefficient (Wildman–Crippen LogP) is 5.13. The highest BCUT2D eigenvalue weighted by Gasteiger charge is 2.19. The number of ketones is 1. The maximum absolute atomic E-state index is 12.9. The lowest BCUT2D eigenvalue weighted by Gasteiger charge is -2.10. The number of nitrogens with zero attached hydrogens (tertiary/aromatic N) is 3. The molecule has 0 aliphatic heterocycles. The number of hydrogen-bond donors (Lipinski definition) is 0. The van der Waals surface area contributed by atoms with Gasteiger partial charge < -0.3 is 4.42 Å². The van der Waals surface area contributed by atoms with Crippen molar-refractivity contribution in [1.82, 2.24) is 14.8 Å². The van der Waals surface area contributed by atoms with Gasteiger partial charge in [-0.15, -0.1) is 16.8 Å². The zero-order valence-electron chi connectivity index (χ0n) is 16.6. The molecular weight excluding hydrogens is 370 g/mol. The molecule has 3 aromatic rings. The predicted molar refractivity (Wildman–Crippen MR) is 113 cm³/mol. The van der Waals surface area contributed by atoms with Gasteiger partial charge >= 0.3 is 0 Å². The van der Waals surface area contributed by atoms with E-state index in [0.29, 0.717) is 17.5 Å². The highest BCUT2D eigenvalue weighted by atomic mass is 32.2. The summed E-state index contributed by atoms with van der Waals surface area (Å²) in [6.45, 7) is 10.5. The first-order chi connectivity index (χ1) is 13.6. The van der Waals surface area contributed by atoms with Crippen LogP contribution in [0.5, 0.6) is 0 Å². The molecule has 2 heterocycles. The molecule has 0 bridgehead atoms. The molecule has 1 aromatic carbocycles. The van der Waals surface area contributed by atoms with Crippen LogP contribution in [0, 0.1) is 6.92 Å². The average Bonchev–Trinajstić information content (AvgIpc) is 3.31. The third kappa shape index (κ3) is 4.12. The molecule has 0 radical (unpaired) electrons. The number of allylic oxidation sites excluding steroid dienone is 1. The van der Waals surface area contributed by atoms with Gasteiger partial charge in [-0.3, -0.25) is 9.36 Å². The van der Waals surface area contributed by atoms with Gasteiger partial charge in [-0.2, -0.15) is 0 Å². The molecule has 0 aliphatic carbocycles. The number of aromatic nitrogens is 3. The normalized spacial score (nSPS) is 11.0. The quantitative estimate of drug-likeness (QED) is 0.285. The second-order valence-electron chi connectivity index (χ2n) is 6.51.